The van der Waals surface area contributed by atoms with E-state index in [2.05, 4.69) is 10.6 Å². The lowest BCUT2D eigenvalue weighted by Crippen LogP contribution is -2.34. The van der Waals surface area contributed by atoms with Crippen molar-refractivity contribution < 1.29 is 23.9 Å². The highest BCUT2D eigenvalue weighted by Gasteiger charge is 2.30. The second-order valence-corrected chi connectivity index (χ2v) is 8.68. The fourth-order valence-electron chi connectivity index (χ4n) is 3.11. The largest absolute Gasteiger partial charge is 0.490 e. The van der Waals surface area contributed by atoms with Crippen LogP contribution in [0.2, 0.25) is 0 Å². The molecule has 3 rings (SSSR count). The Bertz CT molecular complexity index is 1000. The van der Waals surface area contributed by atoms with Crippen molar-refractivity contribution in [3.8, 4) is 11.5 Å². The van der Waals surface area contributed by atoms with Gasteiger partial charge in [-0.1, -0.05) is 0 Å². The summed E-state index contributed by atoms with van der Waals surface area (Å²) < 4.78 is 11.1. The van der Waals surface area contributed by atoms with Gasteiger partial charge < -0.3 is 25.0 Å². The molecule has 3 amide bonds. The van der Waals surface area contributed by atoms with E-state index in [1.54, 1.807) is 31.3 Å². The number of benzene rings is 1. The Morgan fingerprint density at radius 3 is 2.41 bits per heavy atom. The quantitative estimate of drug-likeness (QED) is 0.561. The van der Waals surface area contributed by atoms with E-state index in [4.69, 9.17) is 9.47 Å². The van der Waals surface area contributed by atoms with E-state index in [1.807, 2.05) is 20.8 Å². The molecule has 9 heteroatoms. The summed E-state index contributed by atoms with van der Waals surface area (Å²) in [6.07, 6.45) is 1.83. The normalized spacial score (nSPS) is 12.8. The standard InChI is InChI=1S/C23H29N3O5S/c1-5-30-17-10-9-16(12-18(17)31-6-2)24-19(27)13-26(4)23(29)21-14(3)11-20(32-21)25-22(28)15-7-8-15/h9-12,15H,5-8,13H2,1-4H3,(H,24,27)(H,25,28). The number of nitrogens with one attached hydrogen (secondary N) is 2. The van der Waals surface area contributed by atoms with Gasteiger partial charge in [-0.15, -0.1) is 11.3 Å². The maximum Gasteiger partial charge on any atom is 0.264 e. The van der Waals surface area contributed by atoms with Crippen LogP contribution >= 0.6 is 11.3 Å². The van der Waals surface area contributed by atoms with Crippen LogP contribution in [0.3, 0.4) is 0 Å². The highest BCUT2D eigenvalue weighted by atomic mass is 32.1. The molecule has 0 aliphatic heterocycles. The monoisotopic (exact) mass is 459 g/mol. The van der Waals surface area contributed by atoms with Gasteiger partial charge in [0.2, 0.25) is 11.8 Å². The van der Waals surface area contributed by atoms with E-state index < -0.39 is 0 Å². The first-order valence-electron chi connectivity index (χ1n) is 10.7. The molecule has 0 spiro atoms. The molecule has 1 aromatic carbocycles. The molecular formula is C23H29N3O5S. The highest BCUT2D eigenvalue weighted by Crippen LogP contribution is 2.33. The number of amides is 3. The average Bonchev–Trinajstić information content (AvgIpc) is 3.53. The molecule has 0 unspecified atom stereocenters. The topological polar surface area (TPSA) is 97.0 Å². The molecule has 172 valence electrons. The summed E-state index contributed by atoms with van der Waals surface area (Å²) in [4.78, 5) is 39.2. The second kappa shape index (κ2) is 10.5. The van der Waals surface area contributed by atoms with Crippen molar-refractivity contribution in [2.75, 3.05) is 37.4 Å². The Hall–Kier alpha value is -3.07. The van der Waals surface area contributed by atoms with Crippen LogP contribution in [-0.4, -0.2) is 49.4 Å². The van der Waals surface area contributed by atoms with Crippen molar-refractivity contribution in [3.63, 3.8) is 0 Å². The Balaban J connectivity index is 1.60. The second-order valence-electron chi connectivity index (χ2n) is 7.62. The molecule has 1 heterocycles. The number of rotatable bonds is 10. The lowest BCUT2D eigenvalue weighted by Gasteiger charge is -2.17. The Morgan fingerprint density at radius 1 is 1.06 bits per heavy atom. The van der Waals surface area contributed by atoms with Gasteiger partial charge in [0.1, 0.15) is 0 Å². The van der Waals surface area contributed by atoms with Crippen LogP contribution in [0.25, 0.3) is 0 Å². The van der Waals surface area contributed by atoms with Crippen molar-refractivity contribution >= 4 is 39.7 Å². The summed E-state index contributed by atoms with van der Waals surface area (Å²) in [6.45, 7) is 6.44. The first kappa shape index (κ1) is 23.6. The molecule has 2 aromatic rings. The summed E-state index contributed by atoms with van der Waals surface area (Å²) in [5, 5.41) is 6.31. The molecule has 1 aliphatic rings. The number of thiophene rings is 1. The van der Waals surface area contributed by atoms with Gasteiger partial charge in [0, 0.05) is 24.7 Å². The van der Waals surface area contributed by atoms with Crippen LogP contribution in [0.4, 0.5) is 10.7 Å². The van der Waals surface area contributed by atoms with E-state index in [1.165, 1.54) is 16.2 Å². The SMILES string of the molecule is CCOc1ccc(NC(=O)CN(C)C(=O)c2sc(NC(=O)C3CC3)cc2C)cc1OCC. The average molecular weight is 460 g/mol. The zero-order valence-corrected chi connectivity index (χ0v) is 19.6. The van der Waals surface area contributed by atoms with Gasteiger partial charge in [-0.3, -0.25) is 14.4 Å². The molecule has 0 atom stereocenters. The lowest BCUT2D eigenvalue weighted by atomic mass is 10.2. The third-order valence-corrected chi connectivity index (χ3v) is 6.00. The summed E-state index contributed by atoms with van der Waals surface area (Å²) >= 11 is 1.23. The number of carbonyl (C=O) groups is 3. The Labute approximate surface area is 191 Å². The van der Waals surface area contributed by atoms with Crippen LogP contribution in [0.15, 0.2) is 24.3 Å². The predicted octanol–water partition coefficient (Wildman–Crippen LogP) is 3.91. The number of likely N-dealkylation sites (N-methyl/N-ethyl adjacent to an activating group) is 1. The predicted molar refractivity (Wildman–Crippen MR) is 125 cm³/mol. The fourth-order valence-corrected chi connectivity index (χ4v) is 4.19. The van der Waals surface area contributed by atoms with Gasteiger partial charge in [-0.05, 0) is 57.4 Å². The van der Waals surface area contributed by atoms with Crippen molar-refractivity contribution in [2.24, 2.45) is 5.92 Å². The van der Waals surface area contributed by atoms with Crippen molar-refractivity contribution in [1.82, 2.24) is 4.90 Å². The van der Waals surface area contributed by atoms with Crippen LogP contribution in [-0.2, 0) is 9.59 Å². The number of nitrogens with zero attached hydrogens (tertiary/aromatic N) is 1. The van der Waals surface area contributed by atoms with E-state index in [0.29, 0.717) is 40.3 Å². The Morgan fingerprint density at radius 2 is 1.75 bits per heavy atom. The van der Waals surface area contributed by atoms with Crippen LogP contribution in [0.1, 0.15) is 41.9 Å². The molecule has 8 nitrogen and oxygen atoms in total. The van der Waals surface area contributed by atoms with E-state index in [0.717, 1.165) is 18.4 Å². The number of anilines is 2. The summed E-state index contributed by atoms with van der Waals surface area (Å²) in [5.41, 5.74) is 1.33. The molecule has 32 heavy (non-hydrogen) atoms. The van der Waals surface area contributed by atoms with Gasteiger partial charge in [0.25, 0.3) is 5.91 Å². The summed E-state index contributed by atoms with van der Waals surface area (Å²) in [7, 11) is 1.58. The molecule has 1 fully saturated rings. The smallest absolute Gasteiger partial charge is 0.264 e. The Kier molecular flexibility index (Phi) is 7.74. The molecule has 0 bridgehead atoms. The zero-order chi connectivity index (χ0) is 23.3. The molecule has 2 N–H and O–H groups in total. The summed E-state index contributed by atoms with van der Waals surface area (Å²) in [5.74, 6) is 0.651. The number of hydrogen-bond acceptors (Lipinski definition) is 6. The molecule has 0 saturated heterocycles. The number of aryl methyl sites for hydroxylation is 1. The van der Waals surface area contributed by atoms with Crippen LogP contribution in [0, 0.1) is 12.8 Å². The van der Waals surface area contributed by atoms with Crippen LogP contribution < -0.4 is 20.1 Å². The van der Waals surface area contributed by atoms with Gasteiger partial charge in [0.05, 0.1) is 29.6 Å². The van der Waals surface area contributed by atoms with Crippen LogP contribution in [0.5, 0.6) is 11.5 Å². The molecule has 1 aromatic heterocycles. The van der Waals surface area contributed by atoms with Crippen molar-refractivity contribution in [1.29, 1.82) is 0 Å². The zero-order valence-electron chi connectivity index (χ0n) is 18.8. The van der Waals surface area contributed by atoms with E-state index >= 15 is 0 Å². The summed E-state index contributed by atoms with van der Waals surface area (Å²) in [6, 6.07) is 6.96. The maximum atomic E-state index is 12.9. The van der Waals surface area contributed by atoms with Gasteiger partial charge in [0.15, 0.2) is 11.5 Å². The fraction of sp³-hybridized carbons (Fsp3) is 0.435. The molecule has 0 radical (unpaired) electrons. The first-order chi connectivity index (χ1) is 15.3. The van der Waals surface area contributed by atoms with Gasteiger partial charge in [-0.25, -0.2) is 0 Å². The van der Waals surface area contributed by atoms with E-state index in [9.17, 15) is 14.4 Å². The minimum absolute atomic E-state index is 0.000224. The minimum atomic E-state index is -0.330. The third kappa shape index (κ3) is 6.00. The molecule has 1 saturated carbocycles. The lowest BCUT2D eigenvalue weighted by molar-refractivity contribution is -0.117. The maximum absolute atomic E-state index is 12.9. The van der Waals surface area contributed by atoms with Gasteiger partial charge >= 0.3 is 0 Å². The first-order valence-corrected chi connectivity index (χ1v) is 11.5. The number of ether oxygens (including phenoxy) is 2. The van der Waals surface area contributed by atoms with E-state index in [-0.39, 0.29) is 30.2 Å². The van der Waals surface area contributed by atoms with Gasteiger partial charge in [-0.2, -0.15) is 0 Å². The number of carbonyl (C=O) groups excluding carboxylic acids is 3. The highest BCUT2D eigenvalue weighted by molar-refractivity contribution is 7.18. The number of hydrogen-bond donors (Lipinski definition) is 2. The molecular weight excluding hydrogens is 430 g/mol. The molecule has 1 aliphatic carbocycles. The van der Waals surface area contributed by atoms with Crippen molar-refractivity contribution in [3.05, 3.63) is 34.7 Å². The minimum Gasteiger partial charge on any atom is -0.490 e. The van der Waals surface area contributed by atoms with Crippen molar-refractivity contribution in [2.45, 2.75) is 33.6 Å². The third-order valence-electron chi connectivity index (χ3n) is 4.86.